The number of nitrogens with zero attached hydrogens (tertiary/aromatic N) is 1. The van der Waals surface area contributed by atoms with Gasteiger partial charge in [0.15, 0.2) is 5.78 Å². The monoisotopic (exact) mass is 754 g/mol. The van der Waals surface area contributed by atoms with Crippen LogP contribution in [0.2, 0.25) is 0 Å². The van der Waals surface area contributed by atoms with Crippen LogP contribution in [-0.4, -0.2) is 43.8 Å². The lowest BCUT2D eigenvalue weighted by atomic mass is 9.40. The van der Waals surface area contributed by atoms with Gasteiger partial charge in [-0.3, -0.25) is 9.59 Å². The van der Waals surface area contributed by atoms with Crippen LogP contribution in [0.25, 0.3) is 16.5 Å². The van der Waals surface area contributed by atoms with Crippen molar-refractivity contribution < 1.29 is 24.5 Å². The third-order valence-corrected chi connectivity index (χ3v) is 15.7. The number of ether oxygens (including phenoxy) is 1. The Hall–Kier alpha value is -4.04. The minimum absolute atomic E-state index is 0.0319. The normalized spacial score (nSPS) is 36.0. The molecule has 7 nitrogen and oxygen atoms in total. The van der Waals surface area contributed by atoms with Crippen LogP contribution in [0.15, 0.2) is 78.9 Å². The van der Waals surface area contributed by atoms with Gasteiger partial charge in [-0.25, -0.2) is 0 Å². The van der Waals surface area contributed by atoms with Gasteiger partial charge in [0, 0.05) is 46.0 Å². The number of hydrogen-bond donors (Lipinski definition) is 3. The van der Waals surface area contributed by atoms with Gasteiger partial charge < -0.3 is 24.8 Å². The maximum absolute atomic E-state index is 14.9. The Balaban J connectivity index is 1.13. The Kier molecular flexibility index (Phi) is 8.20. The first-order valence-corrected chi connectivity index (χ1v) is 20.8. The number of nitrogens with one attached hydrogen (secondary N) is 1. The first-order chi connectivity index (χ1) is 26.4. The predicted molar refractivity (Wildman–Crippen MR) is 221 cm³/mol. The van der Waals surface area contributed by atoms with Gasteiger partial charge in [0.25, 0.3) is 0 Å². The standard InChI is InChI=1S/C49H58N2O5/c1-27(2)40-43(55)38-37-30(33-25-45(3,4)56-46(5,6)39(33)42(37)54)24-31-32-23-29-18-19-34-47(7,21-14-13-17-36(53)50-26-28-15-11-10-12-16-28)35(52)20-22-48(34,8)49(29,9)44(32)51(40)41(31)38/h10-17,21,24-25,29,34-35,39-40,42,52,54H,1,18-20,22-23,26H2,2-9H3,(H,50,53)/b17-13+,21-14+/t29?,34-,35-,39?,40-,42+,47-,48-,49+/m0/s1. The van der Waals surface area contributed by atoms with Crippen molar-refractivity contribution in [3.63, 3.8) is 0 Å². The van der Waals surface area contributed by atoms with E-state index in [1.807, 2.05) is 43.3 Å². The maximum Gasteiger partial charge on any atom is 0.244 e. The molecular weight excluding hydrogens is 697 g/mol. The number of allylic oxidation sites excluding steroid dienone is 3. The lowest BCUT2D eigenvalue weighted by Crippen LogP contribution is -2.62. The van der Waals surface area contributed by atoms with E-state index in [-0.39, 0.29) is 34.4 Å². The summed E-state index contributed by atoms with van der Waals surface area (Å²) >= 11 is 0. The first-order valence-electron chi connectivity index (χ1n) is 20.8. The van der Waals surface area contributed by atoms with Crippen molar-refractivity contribution in [3.8, 4) is 0 Å². The van der Waals surface area contributed by atoms with Crippen LogP contribution in [0.5, 0.6) is 0 Å². The van der Waals surface area contributed by atoms with Crippen molar-refractivity contribution in [2.45, 2.75) is 129 Å². The summed E-state index contributed by atoms with van der Waals surface area (Å²) < 4.78 is 8.91. The van der Waals surface area contributed by atoms with Gasteiger partial charge in [-0.05, 0) is 118 Å². The molecule has 7 heteroatoms. The highest BCUT2D eigenvalue weighted by Crippen LogP contribution is 2.71. The van der Waals surface area contributed by atoms with Crippen LogP contribution < -0.4 is 5.32 Å². The largest absolute Gasteiger partial charge is 0.392 e. The van der Waals surface area contributed by atoms with Crippen molar-refractivity contribution in [1.29, 1.82) is 0 Å². The van der Waals surface area contributed by atoms with Crippen molar-refractivity contribution in [2.24, 2.45) is 28.6 Å². The van der Waals surface area contributed by atoms with Gasteiger partial charge in [-0.15, -0.1) is 0 Å². The molecule has 1 aromatic heterocycles. The van der Waals surface area contributed by atoms with Crippen molar-refractivity contribution in [2.75, 3.05) is 0 Å². The number of ketones is 1. The number of aromatic nitrogens is 1. The molecule has 0 bridgehead atoms. The highest BCUT2D eigenvalue weighted by Gasteiger charge is 2.67. The molecule has 2 fully saturated rings. The highest BCUT2D eigenvalue weighted by atomic mass is 16.5. The molecule has 0 radical (unpaired) electrons. The van der Waals surface area contributed by atoms with E-state index in [9.17, 15) is 19.8 Å². The van der Waals surface area contributed by atoms with Gasteiger partial charge in [0.05, 0.1) is 34.5 Å². The molecule has 0 saturated heterocycles. The second-order valence-corrected chi connectivity index (χ2v) is 19.7. The van der Waals surface area contributed by atoms with Gasteiger partial charge in [0.1, 0.15) is 6.04 Å². The zero-order chi connectivity index (χ0) is 39.9. The molecule has 3 N–H and O–H groups in total. The average molecular weight is 755 g/mol. The Labute approximate surface area is 331 Å². The number of fused-ring (bicyclic) bond motifs is 11. The van der Waals surface area contributed by atoms with E-state index in [1.54, 1.807) is 12.2 Å². The number of amides is 1. The van der Waals surface area contributed by atoms with Crippen molar-refractivity contribution >= 4 is 28.2 Å². The van der Waals surface area contributed by atoms with Gasteiger partial charge >= 0.3 is 0 Å². The van der Waals surface area contributed by atoms with E-state index in [0.717, 1.165) is 64.4 Å². The second-order valence-electron chi connectivity index (χ2n) is 19.7. The predicted octanol–water partition coefficient (Wildman–Crippen LogP) is 9.02. The van der Waals surface area contributed by atoms with Crippen LogP contribution in [0, 0.1) is 28.6 Å². The lowest BCUT2D eigenvalue weighted by molar-refractivity contribution is -0.144. The van der Waals surface area contributed by atoms with Crippen LogP contribution in [0.1, 0.15) is 132 Å². The Morgan fingerprint density at radius 2 is 1.77 bits per heavy atom. The number of carbonyl (C=O) groups is 2. The smallest absolute Gasteiger partial charge is 0.244 e. The number of hydrogen-bond acceptors (Lipinski definition) is 5. The molecule has 0 spiro atoms. The number of Topliss-reactive ketones (excluding diaryl/α,β-unsaturated/α-hetero) is 1. The number of aliphatic hydroxyl groups is 2. The number of aliphatic hydroxyl groups excluding tert-OH is 2. The van der Waals surface area contributed by atoms with Crippen LogP contribution in [-0.2, 0) is 27.9 Å². The number of benzene rings is 2. The fraction of sp³-hybridized carbons (Fsp3) is 0.510. The van der Waals surface area contributed by atoms with Crippen LogP contribution in [0.4, 0.5) is 0 Å². The van der Waals surface area contributed by atoms with Gasteiger partial charge in [0.2, 0.25) is 5.91 Å². The van der Waals surface area contributed by atoms with Crippen molar-refractivity contribution in [1.82, 2.24) is 9.88 Å². The summed E-state index contributed by atoms with van der Waals surface area (Å²) in [5, 5.41) is 28.1. The maximum atomic E-state index is 14.9. The quantitative estimate of drug-likeness (QED) is 0.133. The summed E-state index contributed by atoms with van der Waals surface area (Å²) in [5.41, 5.74) is 6.78. The van der Waals surface area contributed by atoms with Crippen LogP contribution >= 0.6 is 0 Å². The highest BCUT2D eigenvalue weighted by molar-refractivity contribution is 6.18. The van der Waals surface area contributed by atoms with E-state index in [4.69, 9.17) is 4.74 Å². The van der Waals surface area contributed by atoms with E-state index < -0.39 is 34.9 Å². The molecule has 56 heavy (non-hydrogen) atoms. The third-order valence-electron chi connectivity index (χ3n) is 15.7. The SMILES string of the molecule is C=C(C)[C@H]1C(=O)c2c3c(cc4c5c(n1c24)[C@@]1(C)C(CC[C@H]2[C@](C)(/C=C/C=C/C(=O)NCc4ccccc4)[C@@H](O)CC[C@@]21C)C5)C1=CC(C)(C)OC(C)(C)C1[C@@H]3O. The molecule has 3 aromatic rings. The molecule has 2 unspecified atom stereocenters. The fourth-order valence-electron chi connectivity index (χ4n) is 13.4. The summed E-state index contributed by atoms with van der Waals surface area (Å²) in [6, 6.07) is 11.6. The van der Waals surface area contributed by atoms with E-state index in [0.29, 0.717) is 24.4 Å². The molecule has 3 heterocycles. The van der Waals surface area contributed by atoms with Crippen molar-refractivity contribution in [3.05, 3.63) is 112 Å². The molecule has 2 aliphatic heterocycles. The number of rotatable bonds is 6. The second kappa shape index (κ2) is 12.2. The molecule has 294 valence electrons. The van der Waals surface area contributed by atoms with Crippen LogP contribution in [0.3, 0.4) is 0 Å². The Morgan fingerprint density at radius 1 is 1.04 bits per heavy atom. The molecular formula is C49H58N2O5. The van der Waals surface area contributed by atoms with Gasteiger partial charge in [-0.2, -0.15) is 0 Å². The summed E-state index contributed by atoms with van der Waals surface area (Å²) in [7, 11) is 0. The minimum Gasteiger partial charge on any atom is -0.392 e. The average Bonchev–Trinajstić information content (AvgIpc) is 3.80. The zero-order valence-electron chi connectivity index (χ0n) is 34.3. The number of carbonyl (C=O) groups excluding carboxylic acids is 2. The van der Waals surface area contributed by atoms with E-state index in [1.165, 1.54) is 11.3 Å². The Morgan fingerprint density at radius 3 is 2.48 bits per heavy atom. The summed E-state index contributed by atoms with van der Waals surface area (Å²) in [6.07, 6.45) is 12.8. The molecule has 9 rings (SSSR count). The molecule has 6 aliphatic rings. The van der Waals surface area contributed by atoms with Gasteiger partial charge in [-0.1, -0.05) is 81.5 Å². The lowest BCUT2D eigenvalue weighted by Gasteiger charge is -2.64. The zero-order valence-corrected chi connectivity index (χ0v) is 34.3. The topological polar surface area (TPSA) is 101 Å². The fourth-order valence-corrected chi connectivity index (χ4v) is 13.4. The Bertz CT molecular complexity index is 2310. The molecule has 4 aliphatic carbocycles. The molecule has 2 aromatic carbocycles. The molecule has 9 atom stereocenters. The molecule has 1 amide bonds. The summed E-state index contributed by atoms with van der Waals surface area (Å²) in [4.78, 5) is 27.6. The third kappa shape index (κ3) is 4.92. The summed E-state index contributed by atoms with van der Waals surface area (Å²) in [6.45, 7) is 22.2. The summed E-state index contributed by atoms with van der Waals surface area (Å²) in [5.74, 6) is 0.152. The van der Waals surface area contributed by atoms with E-state index >= 15 is 0 Å². The van der Waals surface area contributed by atoms with E-state index in [2.05, 4.69) is 83.1 Å². The first kappa shape index (κ1) is 37.5. The minimum atomic E-state index is -0.857. The molecule has 2 saturated carbocycles.